The fourth-order valence-electron chi connectivity index (χ4n) is 1.90. The van der Waals surface area contributed by atoms with Crippen LogP contribution >= 0.6 is 34.4 Å². The molecular weight excluding hydrogens is 354 g/mol. The average Bonchev–Trinajstić information content (AvgIpc) is 3.28. The number of aromatic nitrogens is 2. The van der Waals surface area contributed by atoms with Crippen molar-refractivity contribution in [3.05, 3.63) is 40.3 Å². The summed E-state index contributed by atoms with van der Waals surface area (Å²) in [5, 5.41) is 6.94. The van der Waals surface area contributed by atoms with Crippen molar-refractivity contribution in [3.8, 4) is 10.4 Å². The second-order valence-corrected chi connectivity index (χ2v) is 6.68. The van der Waals surface area contributed by atoms with Gasteiger partial charge in [0.05, 0.1) is 24.5 Å². The van der Waals surface area contributed by atoms with Crippen molar-refractivity contribution in [3.63, 3.8) is 0 Å². The van der Waals surface area contributed by atoms with Crippen LogP contribution in [-0.2, 0) is 4.74 Å². The van der Waals surface area contributed by atoms with E-state index in [-0.39, 0.29) is 12.3 Å². The Bertz CT molecular complexity index is 810. The van der Waals surface area contributed by atoms with Crippen molar-refractivity contribution in [2.45, 2.75) is 6.92 Å². The first-order chi connectivity index (χ1) is 11.2. The molecule has 1 amide bonds. The predicted molar refractivity (Wildman–Crippen MR) is 91.5 cm³/mol. The quantitative estimate of drug-likeness (QED) is 0.696. The summed E-state index contributed by atoms with van der Waals surface area (Å²) in [6.45, 7) is 2.01. The summed E-state index contributed by atoms with van der Waals surface area (Å²) in [5.74, 6) is -0.854. The van der Waals surface area contributed by atoms with E-state index in [4.69, 9.17) is 4.74 Å². The molecule has 0 spiro atoms. The molecule has 9 heteroatoms. The van der Waals surface area contributed by atoms with E-state index in [0.29, 0.717) is 10.6 Å². The fraction of sp³-hybridized carbons (Fsp3) is 0.143. The summed E-state index contributed by atoms with van der Waals surface area (Å²) in [7, 11) is 0. The van der Waals surface area contributed by atoms with Gasteiger partial charge in [0, 0.05) is 15.8 Å². The molecule has 0 fully saturated rings. The van der Waals surface area contributed by atoms with Gasteiger partial charge in [0.1, 0.15) is 10.6 Å². The van der Waals surface area contributed by atoms with Gasteiger partial charge in [-0.25, -0.2) is 4.79 Å². The molecule has 0 bridgehead atoms. The fourth-order valence-corrected chi connectivity index (χ4v) is 4.08. The molecule has 3 aromatic heterocycles. The third kappa shape index (κ3) is 3.31. The number of anilines is 1. The Morgan fingerprint density at radius 2 is 2.22 bits per heavy atom. The number of amides is 1. The number of nitrogens with zero attached hydrogens (tertiary/aromatic N) is 2. The number of esters is 1. The third-order valence-corrected chi connectivity index (χ3v) is 5.15. The molecule has 0 aliphatic carbocycles. The van der Waals surface area contributed by atoms with Crippen LogP contribution in [0.2, 0.25) is 0 Å². The first-order valence-corrected chi connectivity index (χ1v) is 9.11. The number of rotatable bonds is 5. The Morgan fingerprint density at radius 1 is 1.35 bits per heavy atom. The standard InChI is InChI=1S/C14H11N3O3S3/c1-2-20-14(19)11-8(10-4-3-5-21-10)7-22-13(11)16-12(18)9-6-15-23-17-9/h3-7H,2H2,1H3,(H,16,18). The molecule has 3 heterocycles. The van der Waals surface area contributed by atoms with E-state index in [1.165, 1.54) is 28.9 Å². The zero-order valence-corrected chi connectivity index (χ0v) is 14.4. The molecule has 0 atom stereocenters. The van der Waals surface area contributed by atoms with E-state index in [1.54, 1.807) is 6.92 Å². The smallest absolute Gasteiger partial charge is 0.341 e. The number of carbonyl (C=O) groups excluding carboxylic acids is 2. The van der Waals surface area contributed by atoms with Crippen molar-refractivity contribution in [2.24, 2.45) is 0 Å². The van der Waals surface area contributed by atoms with Crippen LogP contribution in [0.25, 0.3) is 10.4 Å². The van der Waals surface area contributed by atoms with Crippen LogP contribution in [0.5, 0.6) is 0 Å². The Hall–Kier alpha value is -2.10. The normalized spacial score (nSPS) is 10.5. The second-order valence-electron chi connectivity index (χ2n) is 4.30. The molecule has 0 radical (unpaired) electrons. The van der Waals surface area contributed by atoms with Crippen molar-refractivity contribution in [2.75, 3.05) is 11.9 Å². The van der Waals surface area contributed by atoms with Gasteiger partial charge >= 0.3 is 5.97 Å². The molecule has 3 rings (SSSR count). The Labute approximate surface area is 144 Å². The van der Waals surface area contributed by atoms with E-state index in [0.717, 1.165) is 22.2 Å². The largest absolute Gasteiger partial charge is 0.462 e. The second kappa shape index (κ2) is 6.99. The molecule has 1 N–H and O–H groups in total. The van der Waals surface area contributed by atoms with Crippen LogP contribution in [-0.4, -0.2) is 27.2 Å². The minimum absolute atomic E-state index is 0.218. The summed E-state index contributed by atoms with van der Waals surface area (Å²) in [4.78, 5) is 25.4. The average molecular weight is 365 g/mol. The van der Waals surface area contributed by atoms with Gasteiger partial charge in [0.25, 0.3) is 5.91 Å². The van der Waals surface area contributed by atoms with Crippen LogP contribution in [0.15, 0.2) is 29.1 Å². The molecule has 0 saturated heterocycles. The molecule has 0 aromatic carbocycles. The minimum atomic E-state index is -0.455. The van der Waals surface area contributed by atoms with Gasteiger partial charge in [-0.05, 0) is 18.4 Å². The maximum absolute atomic E-state index is 12.3. The monoisotopic (exact) mass is 365 g/mol. The third-order valence-electron chi connectivity index (χ3n) is 2.88. The van der Waals surface area contributed by atoms with Gasteiger partial charge in [-0.3, -0.25) is 4.79 Å². The molecule has 118 valence electrons. The van der Waals surface area contributed by atoms with Crippen molar-refractivity contribution in [1.29, 1.82) is 0 Å². The number of ether oxygens (including phenoxy) is 1. The van der Waals surface area contributed by atoms with E-state index in [9.17, 15) is 9.59 Å². The van der Waals surface area contributed by atoms with Crippen molar-refractivity contribution >= 4 is 51.3 Å². The number of hydrogen-bond acceptors (Lipinski definition) is 8. The van der Waals surface area contributed by atoms with Crippen molar-refractivity contribution in [1.82, 2.24) is 8.75 Å². The van der Waals surface area contributed by atoms with Crippen LogP contribution < -0.4 is 5.32 Å². The van der Waals surface area contributed by atoms with Gasteiger partial charge < -0.3 is 10.1 Å². The number of thiophene rings is 2. The number of carbonyl (C=O) groups is 2. The van der Waals surface area contributed by atoms with Gasteiger partial charge in [-0.15, -0.1) is 22.7 Å². The maximum Gasteiger partial charge on any atom is 0.341 e. The predicted octanol–water partition coefficient (Wildman–Crippen LogP) is 3.76. The number of hydrogen-bond donors (Lipinski definition) is 1. The minimum Gasteiger partial charge on any atom is -0.462 e. The molecule has 0 unspecified atom stereocenters. The van der Waals surface area contributed by atoms with E-state index in [1.807, 2.05) is 22.9 Å². The van der Waals surface area contributed by atoms with E-state index >= 15 is 0 Å². The lowest BCUT2D eigenvalue weighted by atomic mass is 10.1. The molecule has 0 aliphatic rings. The molecule has 0 saturated carbocycles. The highest BCUT2D eigenvalue weighted by molar-refractivity contribution is 7.17. The lowest BCUT2D eigenvalue weighted by Crippen LogP contribution is -2.15. The van der Waals surface area contributed by atoms with Crippen LogP contribution in [0.4, 0.5) is 5.00 Å². The molecule has 0 aliphatic heterocycles. The highest BCUT2D eigenvalue weighted by atomic mass is 32.1. The van der Waals surface area contributed by atoms with Gasteiger partial charge in [-0.1, -0.05) is 6.07 Å². The molecule has 6 nitrogen and oxygen atoms in total. The summed E-state index contributed by atoms with van der Waals surface area (Å²) >= 11 is 3.76. The summed E-state index contributed by atoms with van der Waals surface area (Å²) in [6.07, 6.45) is 1.39. The lowest BCUT2D eigenvalue weighted by Gasteiger charge is -2.07. The maximum atomic E-state index is 12.3. The van der Waals surface area contributed by atoms with Crippen LogP contribution in [0.3, 0.4) is 0 Å². The molecule has 3 aromatic rings. The van der Waals surface area contributed by atoms with Gasteiger partial charge in [-0.2, -0.15) is 8.75 Å². The summed E-state index contributed by atoms with van der Waals surface area (Å²) < 4.78 is 12.8. The van der Waals surface area contributed by atoms with E-state index < -0.39 is 11.9 Å². The van der Waals surface area contributed by atoms with Crippen molar-refractivity contribution < 1.29 is 14.3 Å². The zero-order valence-electron chi connectivity index (χ0n) is 11.9. The SMILES string of the molecule is CCOC(=O)c1c(-c2cccs2)csc1NC(=O)c1cnsn1. The Kier molecular flexibility index (Phi) is 4.79. The molecule has 23 heavy (non-hydrogen) atoms. The summed E-state index contributed by atoms with van der Waals surface area (Å²) in [5.41, 5.74) is 1.35. The van der Waals surface area contributed by atoms with Crippen LogP contribution in [0, 0.1) is 0 Å². The number of nitrogens with one attached hydrogen (secondary N) is 1. The highest BCUT2D eigenvalue weighted by Crippen LogP contribution is 2.38. The first kappa shape index (κ1) is 15.8. The van der Waals surface area contributed by atoms with Crippen LogP contribution in [0.1, 0.15) is 27.8 Å². The lowest BCUT2D eigenvalue weighted by molar-refractivity contribution is 0.0529. The van der Waals surface area contributed by atoms with E-state index in [2.05, 4.69) is 14.1 Å². The van der Waals surface area contributed by atoms with Gasteiger partial charge in [0.2, 0.25) is 0 Å². The Morgan fingerprint density at radius 3 is 2.87 bits per heavy atom. The van der Waals surface area contributed by atoms with Gasteiger partial charge in [0.15, 0.2) is 5.69 Å². The highest BCUT2D eigenvalue weighted by Gasteiger charge is 2.24. The topological polar surface area (TPSA) is 81.2 Å². The summed E-state index contributed by atoms with van der Waals surface area (Å²) in [6, 6.07) is 3.83. The Balaban J connectivity index is 1.96. The zero-order chi connectivity index (χ0) is 16.2. The molecular formula is C14H11N3O3S3. The first-order valence-electron chi connectivity index (χ1n) is 6.62.